The summed E-state index contributed by atoms with van der Waals surface area (Å²) in [5, 5.41) is 9.03. The third-order valence-corrected chi connectivity index (χ3v) is 8.10. The summed E-state index contributed by atoms with van der Waals surface area (Å²) in [6, 6.07) is 10.0. The predicted octanol–water partition coefficient (Wildman–Crippen LogP) is 2.65. The highest BCUT2D eigenvalue weighted by atomic mass is 32.2. The number of nitriles is 1. The van der Waals surface area contributed by atoms with Crippen molar-refractivity contribution in [3.63, 3.8) is 0 Å². The molecule has 1 aromatic heterocycles. The molecule has 1 aromatic carbocycles. The van der Waals surface area contributed by atoms with Crippen molar-refractivity contribution in [2.24, 2.45) is 0 Å². The lowest BCUT2D eigenvalue weighted by Gasteiger charge is -2.35. The molecule has 2 heterocycles. The first kappa shape index (κ1) is 24.5. The first-order valence-electron chi connectivity index (χ1n) is 11.6. The van der Waals surface area contributed by atoms with Crippen LogP contribution in [0.5, 0.6) is 0 Å². The molecule has 0 unspecified atom stereocenters. The van der Waals surface area contributed by atoms with Gasteiger partial charge in [-0.05, 0) is 62.6 Å². The van der Waals surface area contributed by atoms with Gasteiger partial charge in [0, 0.05) is 37.9 Å². The average molecular weight is 488 g/mol. The average Bonchev–Trinajstić information content (AvgIpc) is 2.86. The third kappa shape index (κ3) is 5.91. The van der Waals surface area contributed by atoms with E-state index in [-0.39, 0.29) is 16.5 Å². The monoisotopic (exact) mass is 487 g/mol. The number of sulfonamides is 1. The Labute approximate surface area is 200 Å². The summed E-state index contributed by atoms with van der Waals surface area (Å²) in [7, 11) is -1.63. The van der Waals surface area contributed by atoms with Crippen LogP contribution < -0.4 is 9.62 Å². The molecule has 2 aromatic rings. The molecule has 4 rings (SSSR count). The van der Waals surface area contributed by atoms with Crippen molar-refractivity contribution in [2.75, 3.05) is 38.3 Å². The quantitative estimate of drug-likeness (QED) is 0.641. The van der Waals surface area contributed by atoms with Gasteiger partial charge in [0.1, 0.15) is 22.6 Å². The van der Waals surface area contributed by atoms with Gasteiger partial charge in [0.2, 0.25) is 10.0 Å². The number of hydrogen-bond donors (Lipinski definition) is 1. The number of ether oxygens (including phenoxy) is 1. The van der Waals surface area contributed by atoms with Gasteiger partial charge in [-0.15, -0.1) is 0 Å². The fraction of sp³-hybridized carbons (Fsp3) is 0.500. The Morgan fingerprint density at radius 2 is 1.94 bits per heavy atom. The number of halogens is 1. The molecule has 1 saturated heterocycles. The number of nitrogens with zero attached hydrogens (tertiary/aromatic N) is 4. The number of rotatable bonds is 7. The predicted molar refractivity (Wildman–Crippen MR) is 126 cm³/mol. The fourth-order valence-electron chi connectivity index (χ4n) is 4.61. The first-order chi connectivity index (χ1) is 16.4. The summed E-state index contributed by atoms with van der Waals surface area (Å²) in [4.78, 5) is 8.80. The van der Waals surface area contributed by atoms with Crippen molar-refractivity contribution in [3.05, 3.63) is 53.5 Å². The summed E-state index contributed by atoms with van der Waals surface area (Å²) < 4.78 is 47.5. The molecule has 10 heteroatoms. The molecular weight excluding hydrogens is 457 g/mol. The number of anilines is 1. The van der Waals surface area contributed by atoms with Gasteiger partial charge < -0.3 is 9.64 Å². The van der Waals surface area contributed by atoms with Gasteiger partial charge in [-0.3, -0.25) is 4.90 Å². The largest absolute Gasteiger partial charge is 0.378 e. The van der Waals surface area contributed by atoms with Crippen molar-refractivity contribution in [1.29, 1.82) is 5.26 Å². The minimum Gasteiger partial charge on any atom is -0.378 e. The number of nitrogens with one attached hydrogen (secondary N) is 1. The Morgan fingerprint density at radius 1 is 1.21 bits per heavy atom. The van der Waals surface area contributed by atoms with Crippen molar-refractivity contribution in [1.82, 2.24) is 14.6 Å². The van der Waals surface area contributed by atoms with Crippen LogP contribution in [0.2, 0.25) is 0 Å². The summed E-state index contributed by atoms with van der Waals surface area (Å²) in [6.07, 6.45) is 4.60. The van der Waals surface area contributed by atoms with E-state index in [0.717, 1.165) is 50.2 Å². The second kappa shape index (κ2) is 10.8. The molecule has 2 fully saturated rings. The van der Waals surface area contributed by atoms with E-state index in [4.69, 9.17) is 10.00 Å². The highest BCUT2D eigenvalue weighted by molar-refractivity contribution is 7.89. The zero-order valence-corrected chi connectivity index (χ0v) is 20.1. The molecule has 0 bridgehead atoms. The molecule has 2 aliphatic rings. The van der Waals surface area contributed by atoms with E-state index >= 15 is 0 Å². The molecule has 1 aliphatic carbocycles. The van der Waals surface area contributed by atoms with Crippen molar-refractivity contribution < 1.29 is 17.5 Å². The Kier molecular flexibility index (Phi) is 7.78. The van der Waals surface area contributed by atoms with Crippen LogP contribution in [-0.2, 0) is 21.3 Å². The second-order valence-electron chi connectivity index (χ2n) is 8.92. The second-order valence-corrected chi connectivity index (χ2v) is 10.6. The Hall–Kier alpha value is -2.58. The van der Waals surface area contributed by atoms with Crippen LogP contribution in [-0.4, -0.2) is 63.7 Å². The van der Waals surface area contributed by atoms with Gasteiger partial charge in [0.05, 0.1) is 18.8 Å². The Morgan fingerprint density at radius 3 is 2.59 bits per heavy atom. The van der Waals surface area contributed by atoms with Crippen LogP contribution in [0.15, 0.2) is 41.4 Å². The van der Waals surface area contributed by atoms with E-state index < -0.39 is 15.8 Å². The smallest absolute Gasteiger partial charge is 0.242 e. The standard InChI is InChI=1S/C24H30FN5O3S/c1-29(17-18-2-8-23(25)19(14-18)15-26)21-5-3-20(4-6-21)28-34(31,32)22-7-9-24(27-16-22)30-10-12-33-13-11-30/h2,7-9,14,16,20-21,28H,3-6,10-13,17H2,1H3. The Balaban J connectivity index is 1.29. The lowest BCUT2D eigenvalue weighted by molar-refractivity contribution is 0.122. The molecule has 0 radical (unpaired) electrons. The van der Waals surface area contributed by atoms with Crippen LogP contribution in [0, 0.1) is 17.1 Å². The van der Waals surface area contributed by atoms with E-state index in [1.807, 2.05) is 13.1 Å². The normalized spacial score (nSPS) is 21.4. The minimum atomic E-state index is -3.64. The zero-order chi connectivity index (χ0) is 24.1. The van der Waals surface area contributed by atoms with E-state index in [1.165, 1.54) is 12.3 Å². The van der Waals surface area contributed by atoms with E-state index in [2.05, 4.69) is 19.5 Å². The van der Waals surface area contributed by atoms with Gasteiger partial charge in [0.25, 0.3) is 0 Å². The number of hydrogen-bond acceptors (Lipinski definition) is 7. The van der Waals surface area contributed by atoms with Crippen molar-refractivity contribution >= 4 is 15.8 Å². The van der Waals surface area contributed by atoms with Crippen LogP contribution in [0.3, 0.4) is 0 Å². The fourth-order valence-corrected chi connectivity index (χ4v) is 5.86. The molecule has 0 spiro atoms. The maximum Gasteiger partial charge on any atom is 0.242 e. The maximum absolute atomic E-state index is 13.6. The maximum atomic E-state index is 13.6. The number of pyridine rings is 1. The molecule has 8 nitrogen and oxygen atoms in total. The molecule has 1 aliphatic heterocycles. The van der Waals surface area contributed by atoms with Crippen LogP contribution >= 0.6 is 0 Å². The summed E-state index contributed by atoms with van der Waals surface area (Å²) in [5.41, 5.74) is 0.938. The van der Waals surface area contributed by atoms with Gasteiger partial charge in [-0.2, -0.15) is 5.26 Å². The molecule has 1 N–H and O–H groups in total. The highest BCUT2D eigenvalue weighted by Gasteiger charge is 2.28. The van der Waals surface area contributed by atoms with E-state index in [9.17, 15) is 12.8 Å². The number of aromatic nitrogens is 1. The molecule has 182 valence electrons. The van der Waals surface area contributed by atoms with Crippen molar-refractivity contribution in [3.8, 4) is 6.07 Å². The molecule has 0 atom stereocenters. The number of benzene rings is 1. The minimum absolute atomic E-state index is 0.0523. The lowest BCUT2D eigenvalue weighted by Crippen LogP contribution is -2.42. The van der Waals surface area contributed by atoms with Gasteiger partial charge in [-0.1, -0.05) is 6.07 Å². The van der Waals surface area contributed by atoms with Gasteiger partial charge in [0.15, 0.2) is 0 Å². The molecule has 34 heavy (non-hydrogen) atoms. The van der Waals surface area contributed by atoms with Crippen LogP contribution in [0.25, 0.3) is 0 Å². The first-order valence-corrected chi connectivity index (χ1v) is 13.0. The molecule has 0 amide bonds. The molecular formula is C24H30FN5O3S. The summed E-state index contributed by atoms with van der Waals surface area (Å²) >= 11 is 0. The topological polar surface area (TPSA) is 98.6 Å². The Bertz CT molecular complexity index is 1120. The van der Waals surface area contributed by atoms with Crippen molar-refractivity contribution in [2.45, 2.75) is 49.2 Å². The summed E-state index contributed by atoms with van der Waals surface area (Å²) in [6.45, 7) is 3.39. The van der Waals surface area contributed by atoms with Crippen LogP contribution in [0.1, 0.15) is 36.8 Å². The SMILES string of the molecule is CN(Cc1ccc(F)c(C#N)c1)C1CCC(NS(=O)(=O)c2ccc(N3CCOCC3)nc2)CC1. The van der Waals surface area contributed by atoms with Crippen LogP contribution in [0.4, 0.5) is 10.2 Å². The number of morpholine rings is 1. The van der Waals surface area contributed by atoms with E-state index in [0.29, 0.717) is 25.8 Å². The van der Waals surface area contributed by atoms with E-state index in [1.54, 1.807) is 24.3 Å². The lowest BCUT2D eigenvalue weighted by atomic mass is 9.91. The van der Waals surface area contributed by atoms with Gasteiger partial charge in [-0.25, -0.2) is 22.5 Å². The summed E-state index contributed by atoms with van der Waals surface area (Å²) in [5.74, 6) is 0.251. The third-order valence-electron chi connectivity index (χ3n) is 6.59. The highest BCUT2D eigenvalue weighted by Crippen LogP contribution is 2.25. The van der Waals surface area contributed by atoms with Gasteiger partial charge >= 0.3 is 0 Å². The molecule has 1 saturated carbocycles. The zero-order valence-electron chi connectivity index (χ0n) is 19.3.